The third-order valence-electron chi connectivity index (χ3n) is 2.03. The van der Waals surface area contributed by atoms with Crippen molar-refractivity contribution < 1.29 is 8.42 Å². The summed E-state index contributed by atoms with van der Waals surface area (Å²) in [6.07, 6.45) is 1.81. The van der Waals surface area contributed by atoms with Gasteiger partial charge in [0.25, 0.3) is 0 Å². The number of sulfone groups is 1. The van der Waals surface area contributed by atoms with Gasteiger partial charge in [-0.05, 0) is 12.8 Å². The Balaban J connectivity index is 2.47. The molecule has 0 aromatic rings. The molecule has 1 N–H and O–H groups in total. The first kappa shape index (κ1) is 9.99. The van der Waals surface area contributed by atoms with Gasteiger partial charge in [-0.1, -0.05) is 13.8 Å². The maximum Gasteiger partial charge on any atom is 0.151 e. The van der Waals surface area contributed by atoms with Crippen molar-refractivity contribution in [2.75, 3.05) is 11.5 Å². The Morgan fingerprint density at radius 1 is 1.42 bits per heavy atom. The normalized spacial score (nSPS) is 29.1. The van der Waals surface area contributed by atoms with Crippen molar-refractivity contribution in [2.24, 2.45) is 0 Å². The zero-order chi connectivity index (χ0) is 9.19. The highest BCUT2D eigenvalue weighted by atomic mass is 32.2. The molecule has 1 aliphatic rings. The molecule has 3 nitrogen and oxygen atoms in total. The van der Waals surface area contributed by atoms with Crippen molar-refractivity contribution in [3.63, 3.8) is 0 Å². The van der Waals surface area contributed by atoms with Crippen LogP contribution in [0.5, 0.6) is 0 Å². The van der Waals surface area contributed by atoms with Crippen molar-refractivity contribution in [1.29, 1.82) is 0 Å². The van der Waals surface area contributed by atoms with Gasteiger partial charge in [0.15, 0.2) is 9.84 Å². The second-order valence-electron chi connectivity index (χ2n) is 3.77. The average Bonchev–Trinajstić information content (AvgIpc) is 1.82. The van der Waals surface area contributed by atoms with Crippen LogP contribution in [-0.2, 0) is 9.84 Å². The molecule has 72 valence electrons. The van der Waals surface area contributed by atoms with Gasteiger partial charge in [-0.2, -0.15) is 0 Å². The smallest absolute Gasteiger partial charge is 0.151 e. The highest BCUT2D eigenvalue weighted by Crippen LogP contribution is 2.12. The van der Waals surface area contributed by atoms with Crippen LogP contribution in [0.3, 0.4) is 0 Å². The molecule has 1 atom stereocenters. The molecule has 4 heteroatoms. The van der Waals surface area contributed by atoms with E-state index in [2.05, 4.69) is 5.32 Å². The van der Waals surface area contributed by atoms with Gasteiger partial charge < -0.3 is 5.32 Å². The van der Waals surface area contributed by atoms with Crippen molar-refractivity contribution in [1.82, 2.24) is 5.32 Å². The summed E-state index contributed by atoms with van der Waals surface area (Å²) in [6.45, 7) is 4.09. The number of hydrogen-bond donors (Lipinski definition) is 1. The summed E-state index contributed by atoms with van der Waals surface area (Å²) in [5.41, 5.74) is 0. The van der Waals surface area contributed by atoms with Crippen molar-refractivity contribution in [2.45, 2.75) is 38.8 Å². The predicted octanol–water partition coefficient (Wildman–Crippen LogP) is 0.562. The molecule has 0 bridgehead atoms. The van der Waals surface area contributed by atoms with Crippen molar-refractivity contribution in [3.8, 4) is 0 Å². The molecule has 0 radical (unpaired) electrons. The van der Waals surface area contributed by atoms with Gasteiger partial charge >= 0.3 is 0 Å². The first-order valence-corrected chi connectivity index (χ1v) is 6.28. The van der Waals surface area contributed by atoms with Gasteiger partial charge in [0.1, 0.15) is 0 Å². The second kappa shape index (κ2) is 3.75. The Morgan fingerprint density at radius 2 is 2.08 bits per heavy atom. The van der Waals surface area contributed by atoms with Crippen LogP contribution in [-0.4, -0.2) is 32.0 Å². The van der Waals surface area contributed by atoms with Crippen LogP contribution in [0.4, 0.5) is 0 Å². The molecule has 0 amide bonds. The Hall–Kier alpha value is -0.0900. The van der Waals surface area contributed by atoms with Gasteiger partial charge in [-0.25, -0.2) is 8.42 Å². The maximum absolute atomic E-state index is 11.2. The van der Waals surface area contributed by atoms with Crippen LogP contribution in [0.15, 0.2) is 0 Å². The third kappa shape index (κ3) is 3.11. The van der Waals surface area contributed by atoms with Crippen LogP contribution < -0.4 is 5.32 Å². The fraction of sp³-hybridized carbons (Fsp3) is 1.00. The Kier molecular flexibility index (Phi) is 3.12. The van der Waals surface area contributed by atoms with Crippen LogP contribution in [0.25, 0.3) is 0 Å². The number of hydrogen-bond acceptors (Lipinski definition) is 3. The largest absolute Gasteiger partial charge is 0.311 e. The van der Waals surface area contributed by atoms with E-state index in [4.69, 9.17) is 0 Å². The van der Waals surface area contributed by atoms with E-state index < -0.39 is 9.84 Å². The topological polar surface area (TPSA) is 46.2 Å². The van der Waals surface area contributed by atoms with Crippen molar-refractivity contribution in [3.05, 3.63) is 0 Å². The summed E-state index contributed by atoms with van der Waals surface area (Å²) in [5, 5.41) is 3.26. The van der Waals surface area contributed by atoms with Crippen molar-refractivity contribution >= 4 is 9.84 Å². The van der Waals surface area contributed by atoms with Crippen LogP contribution >= 0.6 is 0 Å². The number of nitrogens with one attached hydrogen (secondary N) is 1. The summed E-state index contributed by atoms with van der Waals surface area (Å²) in [7, 11) is -2.74. The molecule has 1 saturated heterocycles. The van der Waals surface area contributed by atoms with E-state index in [1.807, 2.05) is 13.8 Å². The Bertz CT molecular complexity index is 233. The summed E-state index contributed by atoms with van der Waals surface area (Å²) in [5.74, 6) is 0.703. The van der Waals surface area contributed by atoms with E-state index in [1.165, 1.54) is 0 Å². The monoisotopic (exact) mass is 191 g/mol. The lowest BCUT2D eigenvalue weighted by Gasteiger charge is -2.24. The lowest BCUT2D eigenvalue weighted by Crippen LogP contribution is -2.43. The van der Waals surface area contributed by atoms with E-state index in [0.29, 0.717) is 17.5 Å². The van der Waals surface area contributed by atoms with E-state index >= 15 is 0 Å². The number of rotatable bonds is 2. The molecule has 0 aromatic carbocycles. The fourth-order valence-corrected chi connectivity index (χ4v) is 3.27. The van der Waals surface area contributed by atoms with Gasteiger partial charge in [-0.15, -0.1) is 0 Å². The van der Waals surface area contributed by atoms with Gasteiger partial charge in [0, 0.05) is 12.1 Å². The Labute approximate surface area is 74.5 Å². The zero-order valence-corrected chi connectivity index (χ0v) is 8.52. The molecular formula is C8H17NO2S. The van der Waals surface area contributed by atoms with Gasteiger partial charge in [0.2, 0.25) is 0 Å². The fourth-order valence-electron chi connectivity index (χ4n) is 1.63. The molecule has 1 fully saturated rings. The van der Waals surface area contributed by atoms with E-state index in [9.17, 15) is 8.42 Å². The molecular weight excluding hydrogens is 174 g/mol. The molecule has 1 rings (SSSR count). The molecule has 1 heterocycles. The molecule has 0 saturated carbocycles. The molecule has 0 aliphatic carbocycles. The minimum Gasteiger partial charge on any atom is -0.311 e. The Morgan fingerprint density at radius 3 is 2.58 bits per heavy atom. The quantitative estimate of drug-likeness (QED) is 0.694. The summed E-state index contributed by atoms with van der Waals surface area (Å²) in [6, 6.07) is 0.562. The minimum atomic E-state index is -2.74. The minimum absolute atomic E-state index is 0.184. The zero-order valence-electron chi connectivity index (χ0n) is 7.71. The van der Waals surface area contributed by atoms with Crippen LogP contribution in [0.1, 0.15) is 26.7 Å². The standard InChI is InChI=1S/C8H17NO2S/c1-7(2)9-8-4-3-5-12(10,11)6-8/h7-9H,3-6H2,1-2H3/t8-/m1/s1. The van der Waals surface area contributed by atoms with Gasteiger partial charge in [0.05, 0.1) is 11.5 Å². The summed E-state index contributed by atoms with van der Waals surface area (Å²) >= 11 is 0. The van der Waals surface area contributed by atoms with E-state index in [-0.39, 0.29) is 6.04 Å². The third-order valence-corrected chi connectivity index (χ3v) is 3.85. The van der Waals surface area contributed by atoms with Gasteiger partial charge in [-0.3, -0.25) is 0 Å². The SMILES string of the molecule is CC(C)N[C@@H]1CCCS(=O)(=O)C1. The van der Waals surface area contributed by atoms with Crippen LogP contribution in [0.2, 0.25) is 0 Å². The first-order chi connectivity index (χ1) is 5.49. The van der Waals surface area contributed by atoms with Crippen LogP contribution in [0, 0.1) is 0 Å². The molecule has 0 unspecified atom stereocenters. The maximum atomic E-state index is 11.2. The molecule has 0 spiro atoms. The first-order valence-electron chi connectivity index (χ1n) is 4.46. The van der Waals surface area contributed by atoms with E-state index in [1.54, 1.807) is 0 Å². The van der Waals surface area contributed by atoms with E-state index in [0.717, 1.165) is 12.8 Å². The molecule has 12 heavy (non-hydrogen) atoms. The second-order valence-corrected chi connectivity index (χ2v) is 6.00. The molecule has 1 aliphatic heterocycles. The summed E-state index contributed by atoms with van der Waals surface area (Å²) in [4.78, 5) is 0. The lowest BCUT2D eigenvalue weighted by molar-refractivity contribution is 0.445. The summed E-state index contributed by atoms with van der Waals surface area (Å²) < 4.78 is 22.4. The predicted molar refractivity (Wildman–Crippen MR) is 49.9 cm³/mol. The highest BCUT2D eigenvalue weighted by molar-refractivity contribution is 7.91. The highest BCUT2D eigenvalue weighted by Gasteiger charge is 2.24. The molecule has 0 aromatic heterocycles. The average molecular weight is 191 g/mol. The lowest BCUT2D eigenvalue weighted by atomic mass is 10.1.